The third-order valence-electron chi connectivity index (χ3n) is 9.23. The van der Waals surface area contributed by atoms with E-state index in [4.69, 9.17) is 5.73 Å². The van der Waals surface area contributed by atoms with Gasteiger partial charge in [-0.3, -0.25) is 0 Å². The second kappa shape index (κ2) is 19.9. The normalized spacial score (nSPS) is 11.5. The minimum absolute atomic E-state index is 0.336. The van der Waals surface area contributed by atoms with E-state index in [0.29, 0.717) is 17.8 Å². The first kappa shape index (κ1) is 32.7. The highest BCUT2D eigenvalue weighted by atomic mass is 14.5. The molecule has 1 nitrogen and oxygen atoms in total. The number of rotatable bonds is 21. The van der Waals surface area contributed by atoms with Crippen molar-refractivity contribution in [3.8, 4) is 0 Å². The van der Waals surface area contributed by atoms with E-state index in [2.05, 4.69) is 121 Å². The Bertz CT molecular complexity index is 1040. The van der Waals surface area contributed by atoms with Crippen molar-refractivity contribution >= 4 is 0 Å². The van der Waals surface area contributed by atoms with Crippen LogP contribution in [0.3, 0.4) is 0 Å². The van der Waals surface area contributed by atoms with Crippen LogP contribution in [0.2, 0.25) is 0 Å². The molecule has 43 heavy (non-hydrogen) atoms. The fourth-order valence-electron chi connectivity index (χ4n) is 7.01. The van der Waals surface area contributed by atoms with Gasteiger partial charge in [-0.2, -0.15) is 0 Å². The topological polar surface area (TPSA) is 26.0 Å². The number of hydrogen-bond donors (Lipinski definition) is 1. The predicted molar refractivity (Wildman–Crippen MR) is 187 cm³/mol. The lowest BCUT2D eigenvalue weighted by Crippen LogP contribution is -2.23. The van der Waals surface area contributed by atoms with Gasteiger partial charge < -0.3 is 5.73 Å². The Kier molecular flexibility index (Phi) is 15.2. The van der Waals surface area contributed by atoms with Crippen molar-refractivity contribution in [2.45, 2.75) is 102 Å². The summed E-state index contributed by atoms with van der Waals surface area (Å²) in [6, 6.07) is 45.1. The average molecular weight is 574 g/mol. The second-order valence-corrected chi connectivity index (χ2v) is 12.4. The quantitative estimate of drug-likeness (QED) is 0.0986. The van der Waals surface area contributed by atoms with Crippen LogP contribution in [0, 0.1) is 5.92 Å². The predicted octanol–water partition coefficient (Wildman–Crippen LogP) is 11.7. The zero-order valence-corrected chi connectivity index (χ0v) is 26.5. The number of unbranched alkanes of at least 4 members (excludes halogenated alkanes) is 12. The highest BCUT2D eigenvalue weighted by Gasteiger charge is 2.33. The average Bonchev–Trinajstić information content (AvgIpc) is 3.07. The molecule has 0 unspecified atom stereocenters. The Morgan fingerprint density at radius 2 is 0.581 bits per heavy atom. The lowest BCUT2D eigenvalue weighted by molar-refractivity contribution is 0.369. The van der Waals surface area contributed by atoms with Gasteiger partial charge in [0.25, 0.3) is 0 Å². The first-order chi connectivity index (χ1) is 21.4. The van der Waals surface area contributed by atoms with E-state index in [1.807, 2.05) is 0 Å². The second-order valence-electron chi connectivity index (χ2n) is 12.4. The van der Waals surface area contributed by atoms with Crippen LogP contribution in [0.1, 0.15) is 124 Å². The monoisotopic (exact) mass is 573 g/mol. The summed E-state index contributed by atoms with van der Waals surface area (Å²) in [4.78, 5) is 0. The summed E-state index contributed by atoms with van der Waals surface area (Å²) in [6.45, 7) is 0.849. The van der Waals surface area contributed by atoms with Gasteiger partial charge in [0.2, 0.25) is 0 Å². The molecule has 228 valence electrons. The van der Waals surface area contributed by atoms with Gasteiger partial charge in [0.15, 0.2) is 0 Å². The SMILES string of the molecule is NCCCCCCCCCCCCCCCC(C(c1ccccc1)c1ccccc1)C(c1ccccc1)c1ccccc1. The first-order valence-corrected chi connectivity index (χ1v) is 17.3. The van der Waals surface area contributed by atoms with Crippen LogP contribution in [-0.2, 0) is 0 Å². The summed E-state index contributed by atoms with van der Waals surface area (Å²) < 4.78 is 0. The smallest absolute Gasteiger partial charge is 0.0127 e. The molecule has 0 spiro atoms. The molecule has 2 N–H and O–H groups in total. The maximum atomic E-state index is 5.61. The summed E-state index contributed by atoms with van der Waals surface area (Å²) in [7, 11) is 0. The molecule has 0 radical (unpaired) electrons. The Morgan fingerprint density at radius 3 is 0.860 bits per heavy atom. The molecule has 0 aliphatic heterocycles. The summed E-state index contributed by atoms with van der Waals surface area (Å²) in [5, 5.41) is 0. The third kappa shape index (κ3) is 11.1. The lowest BCUT2D eigenvalue weighted by Gasteiger charge is -2.36. The van der Waals surface area contributed by atoms with E-state index in [9.17, 15) is 0 Å². The Balaban J connectivity index is 1.42. The van der Waals surface area contributed by atoms with E-state index in [1.54, 1.807) is 0 Å². The van der Waals surface area contributed by atoms with Crippen molar-refractivity contribution in [3.63, 3.8) is 0 Å². The minimum atomic E-state index is 0.336. The van der Waals surface area contributed by atoms with E-state index in [1.165, 1.54) is 112 Å². The van der Waals surface area contributed by atoms with Crippen LogP contribution in [-0.4, -0.2) is 6.54 Å². The molecule has 0 fully saturated rings. The lowest BCUT2D eigenvalue weighted by atomic mass is 9.68. The van der Waals surface area contributed by atoms with E-state index in [-0.39, 0.29) is 0 Å². The highest BCUT2D eigenvalue weighted by molar-refractivity contribution is 5.39. The van der Waals surface area contributed by atoms with Gasteiger partial charge in [-0.1, -0.05) is 198 Å². The van der Waals surface area contributed by atoms with Crippen molar-refractivity contribution in [1.82, 2.24) is 0 Å². The number of hydrogen-bond acceptors (Lipinski definition) is 1. The molecule has 0 aliphatic carbocycles. The molecule has 0 bridgehead atoms. The first-order valence-electron chi connectivity index (χ1n) is 17.3. The molecule has 4 aromatic carbocycles. The maximum absolute atomic E-state index is 5.61. The van der Waals surface area contributed by atoms with Crippen LogP contribution >= 0.6 is 0 Å². The van der Waals surface area contributed by atoms with Gasteiger partial charge in [0.1, 0.15) is 0 Å². The van der Waals surface area contributed by atoms with Gasteiger partial charge in [0, 0.05) is 11.8 Å². The van der Waals surface area contributed by atoms with E-state index in [0.717, 1.165) is 6.54 Å². The summed E-state index contributed by atoms with van der Waals surface area (Å²) in [5.41, 5.74) is 11.3. The van der Waals surface area contributed by atoms with Crippen LogP contribution in [0.25, 0.3) is 0 Å². The minimum Gasteiger partial charge on any atom is -0.330 e. The molecule has 0 aliphatic rings. The maximum Gasteiger partial charge on any atom is 0.0127 e. The van der Waals surface area contributed by atoms with Gasteiger partial charge >= 0.3 is 0 Å². The summed E-state index contributed by atoms with van der Waals surface area (Å²) in [5.74, 6) is 1.13. The molecule has 1 heteroatoms. The van der Waals surface area contributed by atoms with E-state index >= 15 is 0 Å². The van der Waals surface area contributed by atoms with Gasteiger partial charge in [-0.15, -0.1) is 0 Å². The Hall–Kier alpha value is -3.16. The third-order valence-corrected chi connectivity index (χ3v) is 9.23. The van der Waals surface area contributed by atoms with E-state index < -0.39 is 0 Å². The molecule has 0 atom stereocenters. The molecule has 4 rings (SSSR count). The van der Waals surface area contributed by atoms with Crippen LogP contribution in [0.15, 0.2) is 121 Å². The van der Waals surface area contributed by atoms with Crippen molar-refractivity contribution in [1.29, 1.82) is 0 Å². The highest BCUT2D eigenvalue weighted by Crippen LogP contribution is 2.46. The van der Waals surface area contributed by atoms with Crippen molar-refractivity contribution in [2.75, 3.05) is 6.54 Å². The Labute approximate surface area is 263 Å². The standard InChI is InChI=1S/C42H55N/c43-35-25-11-9-7-5-3-1-2-4-6-8-10-24-34-40(41(36-26-16-12-17-27-36)37-28-18-13-19-29-37)42(38-30-20-14-21-31-38)39-32-22-15-23-33-39/h12-23,26-33,40-42H,1-11,24-25,34-35,43H2. The molecular formula is C42H55N. The Morgan fingerprint density at radius 1 is 0.326 bits per heavy atom. The molecular weight excluding hydrogens is 518 g/mol. The molecule has 0 saturated heterocycles. The van der Waals surface area contributed by atoms with Crippen molar-refractivity contribution in [3.05, 3.63) is 144 Å². The van der Waals surface area contributed by atoms with Crippen LogP contribution in [0.5, 0.6) is 0 Å². The van der Waals surface area contributed by atoms with Crippen molar-refractivity contribution in [2.24, 2.45) is 11.7 Å². The zero-order chi connectivity index (χ0) is 29.8. The molecule has 0 heterocycles. The van der Waals surface area contributed by atoms with Crippen LogP contribution < -0.4 is 5.73 Å². The number of nitrogens with two attached hydrogens (primary N) is 1. The summed E-state index contributed by atoms with van der Waals surface area (Å²) >= 11 is 0. The zero-order valence-electron chi connectivity index (χ0n) is 26.5. The van der Waals surface area contributed by atoms with Gasteiger partial charge in [0.05, 0.1) is 0 Å². The van der Waals surface area contributed by atoms with Crippen molar-refractivity contribution < 1.29 is 0 Å². The molecule has 0 amide bonds. The molecule has 0 aromatic heterocycles. The fraction of sp³-hybridized carbons (Fsp3) is 0.429. The molecule has 0 saturated carbocycles. The van der Waals surface area contributed by atoms with Crippen LogP contribution in [0.4, 0.5) is 0 Å². The molecule has 4 aromatic rings. The van der Waals surface area contributed by atoms with Gasteiger partial charge in [-0.05, 0) is 47.6 Å². The summed E-state index contributed by atoms with van der Waals surface area (Å²) in [6.07, 6.45) is 18.8. The van der Waals surface area contributed by atoms with Gasteiger partial charge in [-0.25, -0.2) is 0 Å². The number of benzene rings is 4. The largest absolute Gasteiger partial charge is 0.330 e. The fourth-order valence-corrected chi connectivity index (χ4v) is 7.01.